The molecule has 2 aromatic rings. The molecule has 1 atom stereocenters. The van der Waals surface area contributed by atoms with E-state index in [9.17, 15) is 24.3 Å². The molecule has 220 valence electrons. The quantitative estimate of drug-likeness (QED) is 0.394. The summed E-state index contributed by atoms with van der Waals surface area (Å²) in [5.74, 6) is -1.66. The van der Waals surface area contributed by atoms with Crippen molar-refractivity contribution >= 4 is 24.1 Å². The molecule has 2 aromatic carbocycles. The molecule has 1 saturated heterocycles. The third kappa shape index (κ3) is 7.97. The number of fused-ring (bicyclic) bond motifs is 3. The van der Waals surface area contributed by atoms with Crippen LogP contribution in [-0.4, -0.2) is 96.5 Å². The number of aliphatic carboxylic acids is 1. The number of hydrogen-bond acceptors (Lipinski definition) is 7. The van der Waals surface area contributed by atoms with E-state index < -0.39 is 23.7 Å². The third-order valence-electron chi connectivity index (χ3n) is 7.08. The Bertz CT molecular complexity index is 1220. The Kier molecular flexibility index (Phi) is 9.49. The zero-order valence-electron chi connectivity index (χ0n) is 23.7. The van der Waals surface area contributed by atoms with Gasteiger partial charge in [0.2, 0.25) is 0 Å². The molecule has 1 fully saturated rings. The first kappa shape index (κ1) is 29.9. The van der Waals surface area contributed by atoms with Crippen LogP contribution in [0, 0.1) is 0 Å². The number of urea groups is 1. The highest BCUT2D eigenvalue weighted by Crippen LogP contribution is 2.44. The van der Waals surface area contributed by atoms with Crippen LogP contribution in [0.25, 0.3) is 11.1 Å². The van der Waals surface area contributed by atoms with Crippen molar-refractivity contribution in [1.29, 1.82) is 0 Å². The molecule has 0 spiro atoms. The highest BCUT2D eigenvalue weighted by atomic mass is 16.6. The molecule has 1 aliphatic carbocycles. The molecular formula is C30H38N4O7. The number of esters is 1. The molecule has 0 radical (unpaired) electrons. The Morgan fingerprint density at radius 1 is 0.951 bits per heavy atom. The summed E-state index contributed by atoms with van der Waals surface area (Å²) in [7, 11) is 0. The second-order valence-electron chi connectivity index (χ2n) is 11.2. The normalized spacial score (nSPS) is 15.8. The lowest BCUT2D eigenvalue weighted by atomic mass is 9.98. The first-order valence-electron chi connectivity index (χ1n) is 13.8. The van der Waals surface area contributed by atoms with Crippen molar-refractivity contribution in [2.45, 2.75) is 44.8 Å². The van der Waals surface area contributed by atoms with Crippen molar-refractivity contribution in [3.63, 3.8) is 0 Å². The maximum absolute atomic E-state index is 12.6. The fraction of sp³-hybridized carbons (Fsp3) is 0.467. The van der Waals surface area contributed by atoms with Gasteiger partial charge in [-0.3, -0.25) is 9.69 Å². The zero-order valence-corrected chi connectivity index (χ0v) is 23.7. The summed E-state index contributed by atoms with van der Waals surface area (Å²) < 4.78 is 10.8. The molecule has 3 N–H and O–H groups in total. The van der Waals surface area contributed by atoms with Gasteiger partial charge in [0, 0.05) is 38.6 Å². The van der Waals surface area contributed by atoms with E-state index in [1.54, 1.807) is 4.90 Å². The summed E-state index contributed by atoms with van der Waals surface area (Å²) in [6, 6.07) is 14.3. The molecule has 1 aliphatic heterocycles. The van der Waals surface area contributed by atoms with E-state index in [0.29, 0.717) is 26.2 Å². The highest BCUT2D eigenvalue weighted by molar-refractivity contribution is 5.81. The minimum atomic E-state index is -1.23. The standard InChI is InChI=1S/C30H38N4O7/c1-30(2,3)41-26(35)18-33-14-16-34(17-15-33)28(38)31-13-12-25(27(36)37)32-29(39)40-19-24-22-10-6-4-8-20(22)21-9-5-7-11-23(21)24/h4-11,24-25H,12-19H2,1-3H3,(H,31,38)(H,32,39)(H,36,37). The first-order valence-corrected chi connectivity index (χ1v) is 13.8. The lowest BCUT2D eigenvalue weighted by molar-refractivity contribution is -0.156. The number of alkyl carbamates (subject to hydrolysis) is 1. The number of carboxylic acid groups (broad SMARTS) is 1. The van der Waals surface area contributed by atoms with Gasteiger partial charge in [0.25, 0.3) is 0 Å². The largest absolute Gasteiger partial charge is 0.480 e. The second kappa shape index (κ2) is 13.0. The molecule has 4 rings (SSSR count). The molecule has 3 amide bonds. The average molecular weight is 567 g/mol. The maximum Gasteiger partial charge on any atom is 0.407 e. The monoisotopic (exact) mass is 566 g/mol. The number of rotatable bonds is 9. The second-order valence-corrected chi connectivity index (χ2v) is 11.2. The van der Waals surface area contributed by atoms with E-state index in [4.69, 9.17) is 9.47 Å². The zero-order chi connectivity index (χ0) is 29.6. The van der Waals surface area contributed by atoms with Crippen molar-refractivity contribution in [1.82, 2.24) is 20.4 Å². The number of carbonyl (C=O) groups excluding carboxylic acids is 3. The van der Waals surface area contributed by atoms with Crippen LogP contribution in [0.15, 0.2) is 48.5 Å². The fourth-order valence-corrected chi connectivity index (χ4v) is 5.14. The SMILES string of the molecule is CC(C)(C)OC(=O)CN1CCN(C(=O)NCCC(NC(=O)OCC2c3ccccc3-c3ccccc32)C(=O)O)CC1. The number of carboxylic acids is 1. The lowest BCUT2D eigenvalue weighted by Gasteiger charge is -2.34. The number of benzene rings is 2. The summed E-state index contributed by atoms with van der Waals surface area (Å²) in [6.45, 7) is 7.63. The van der Waals surface area contributed by atoms with E-state index in [1.807, 2.05) is 74.2 Å². The highest BCUT2D eigenvalue weighted by Gasteiger charge is 2.30. The Labute approximate surface area is 239 Å². The van der Waals surface area contributed by atoms with E-state index in [-0.39, 0.29) is 44.0 Å². The van der Waals surface area contributed by atoms with Gasteiger partial charge in [0.15, 0.2) is 0 Å². The maximum atomic E-state index is 12.6. The van der Waals surface area contributed by atoms with Gasteiger partial charge in [-0.25, -0.2) is 14.4 Å². The number of hydrogen-bond donors (Lipinski definition) is 3. The van der Waals surface area contributed by atoms with Crippen molar-refractivity contribution < 1.29 is 33.8 Å². The Hall–Kier alpha value is -4.12. The molecule has 11 heteroatoms. The summed E-state index contributed by atoms with van der Waals surface area (Å²) in [4.78, 5) is 52.5. The average Bonchev–Trinajstić information content (AvgIpc) is 3.24. The lowest BCUT2D eigenvalue weighted by Crippen LogP contribution is -2.53. The minimum absolute atomic E-state index is 0.0100. The fourth-order valence-electron chi connectivity index (χ4n) is 5.14. The summed E-state index contributed by atoms with van der Waals surface area (Å²) in [5.41, 5.74) is 3.77. The molecule has 0 aromatic heterocycles. The first-order chi connectivity index (χ1) is 19.5. The number of carbonyl (C=O) groups is 4. The Balaban J connectivity index is 1.19. The summed E-state index contributed by atoms with van der Waals surface area (Å²) >= 11 is 0. The molecule has 11 nitrogen and oxygen atoms in total. The van der Waals surface area contributed by atoms with E-state index in [1.165, 1.54) is 0 Å². The van der Waals surface area contributed by atoms with E-state index >= 15 is 0 Å². The van der Waals surface area contributed by atoms with Gasteiger partial charge in [-0.1, -0.05) is 48.5 Å². The predicted molar refractivity (Wildman–Crippen MR) is 152 cm³/mol. The smallest absolute Gasteiger partial charge is 0.407 e. The van der Waals surface area contributed by atoms with Crippen LogP contribution in [-0.2, 0) is 19.1 Å². The summed E-state index contributed by atoms with van der Waals surface area (Å²) in [6.07, 6.45) is -0.837. The van der Waals surface area contributed by atoms with Crippen molar-refractivity contribution in [2.75, 3.05) is 45.9 Å². The van der Waals surface area contributed by atoms with Crippen LogP contribution in [0.4, 0.5) is 9.59 Å². The molecule has 1 heterocycles. The van der Waals surface area contributed by atoms with Crippen LogP contribution in [0.1, 0.15) is 44.2 Å². The molecule has 1 unspecified atom stereocenters. The van der Waals surface area contributed by atoms with Gasteiger partial charge < -0.3 is 30.1 Å². The van der Waals surface area contributed by atoms with Gasteiger partial charge in [-0.05, 0) is 49.4 Å². The van der Waals surface area contributed by atoms with Crippen LogP contribution < -0.4 is 10.6 Å². The minimum Gasteiger partial charge on any atom is -0.480 e. The van der Waals surface area contributed by atoms with Gasteiger partial charge in [-0.2, -0.15) is 0 Å². The number of nitrogens with one attached hydrogen (secondary N) is 2. The molecule has 0 saturated carbocycles. The van der Waals surface area contributed by atoms with Crippen LogP contribution >= 0.6 is 0 Å². The Morgan fingerprint density at radius 3 is 2.10 bits per heavy atom. The molecule has 0 bridgehead atoms. The summed E-state index contributed by atoms with van der Waals surface area (Å²) in [5, 5.41) is 14.7. The van der Waals surface area contributed by atoms with E-state index in [0.717, 1.165) is 22.3 Å². The number of ether oxygens (including phenoxy) is 2. The van der Waals surface area contributed by atoms with Gasteiger partial charge >= 0.3 is 24.1 Å². The van der Waals surface area contributed by atoms with Crippen LogP contribution in [0.2, 0.25) is 0 Å². The van der Waals surface area contributed by atoms with Gasteiger partial charge in [-0.15, -0.1) is 0 Å². The number of amides is 3. The Morgan fingerprint density at radius 2 is 1.54 bits per heavy atom. The van der Waals surface area contributed by atoms with Gasteiger partial charge in [0.1, 0.15) is 18.2 Å². The predicted octanol–water partition coefficient (Wildman–Crippen LogP) is 3.04. The number of nitrogens with zero attached hydrogens (tertiary/aromatic N) is 2. The topological polar surface area (TPSA) is 138 Å². The molecule has 41 heavy (non-hydrogen) atoms. The van der Waals surface area contributed by atoms with E-state index in [2.05, 4.69) is 10.6 Å². The van der Waals surface area contributed by atoms with Crippen LogP contribution in [0.5, 0.6) is 0 Å². The van der Waals surface area contributed by atoms with Crippen molar-refractivity contribution in [3.05, 3.63) is 59.7 Å². The third-order valence-corrected chi connectivity index (χ3v) is 7.08. The molecular weight excluding hydrogens is 528 g/mol. The van der Waals surface area contributed by atoms with Crippen molar-refractivity contribution in [3.8, 4) is 11.1 Å². The van der Waals surface area contributed by atoms with Crippen molar-refractivity contribution in [2.24, 2.45) is 0 Å². The van der Waals surface area contributed by atoms with Crippen LogP contribution in [0.3, 0.4) is 0 Å². The van der Waals surface area contributed by atoms with Gasteiger partial charge in [0.05, 0.1) is 6.54 Å². The molecule has 2 aliphatic rings. The number of piperazine rings is 1.